The van der Waals surface area contributed by atoms with Gasteiger partial charge in [-0.3, -0.25) is 9.36 Å². The number of anilines is 1. The third-order valence-corrected chi connectivity index (χ3v) is 8.84. The van der Waals surface area contributed by atoms with Crippen LogP contribution in [0.5, 0.6) is 0 Å². The van der Waals surface area contributed by atoms with Crippen LogP contribution < -0.4 is 5.32 Å². The van der Waals surface area contributed by atoms with E-state index in [9.17, 15) is 4.79 Å². The zero-order chi connectivity index (χ0) is 21.4. The van der Waals surface area contributed by atoms with Gasteiger partial charge in [-0.15, -0.1) is 21.5 Å². The van der Waals surface area contributed by atoms with E-state index in [1.165, 1.54) is 37.4 Å². The molecular weight excluding hydrogens is 448 g/mol. The fourth-order valence-corrected chi connectivity index (χ4v) is 6.98. The standard InChI is InChI=1S/C23H25ClN4OS2/c1-14(17-12-15-8-9-16(17)11-15)28-22(20-7-4-10-30-20)26-27-23(28)31-13-21(29)25-19-6-3-2-5-18(19)24/h2-7,10,14-17H,8-9,11-13H2,1H3,(H,25,29)/t14-,15-,16-,17+/m0/s1. The largest absolute Gasteiger partial charge is 0.324 e. The average molecular weight is 473 g/mol. The molecule has 2 saturated carbocycles. The van der Waals surface area contributed by atoms with E-state index in [2.05, 4.69) is 38.5 Å². The third kappa shape index (κ3) is 4.28. The number of thiophene rings is 1. The molecule has 2 aromatic heterocycles. The van der Waals surface area contributed by atoms with Gasteiger partial charge < -0.3 is 5.32 Å². The van der Waals surface area contributed by atoms with Crippen molar-refractivity contribution in [2.45, 2.75) is 43.8 Å². The molecule has 1 amide bonds. The van der Waals surface area contributed by atoms with Gasteiger partial charge in [-0.05, 0) is 67.5 Å². The molecule has 5 rings (SSSR count). The van der Waals surface area contributed by atoms with Crippen molar-refractivity contribution in [3.8, 4) is 10.7 Å². The number of hydrogen-bond acceptors (Lipinski definition) is 5. The van der Waals surface area contributed by atoms with Gasteiger partial charge in [0, 0.05) is 6.04 Å². The maximum atomic E-state index is 12.6. The normalized spacial score (nSPS) is 23.2. The molecule has 0 saturated heterocycles. The molecule has 0 aliphatic heterocycles. The van der Waals surface area contributed by atoms with Gasteiger partial charge in [-0.25, -0.2) is 0 Å². The lowest BCUT2D eigenvalue weighted by atomic mass is 9.84. The highest BCUT2D eigenvalue weighted by Crippen LogP contribution is 2.53. The number of benzene rings is 1. The van der Waals surface area contributed by atoms with Crippen LogP contribution in [0.1, 0.15) is 38.6 Å². The average Bonchev–Trinajstić information content (AvgIpc) is 3.57. The predicted octanol–water partition coefficient (Wildman–Crippen LogP) is 6.39. The number of nitrogens with one attached hydrogen (secondary N) is 1. The highest BCUT2D eigenvalue weighted by molar-refractivity contribution is 7.99. The second kappa shape index (κ2) is 8.96. The zero-order valence-corrected chi connectivity index (χ0v) is 19.7. The van der Waals surface area contributed by atoms with Crippen molar-refractivity contribution in [3.05, 3.63) is 46.8 Å². The maximum Gasteiger partial charge on any atom is 0.234 e. The van der Waals surface area contributed by atoms with Crippen LogP contribution in [0.3, 0.4) is 0 Å². The van der Waals surface area contributed by atoms with Crippen LogP contribution in [0.4, 0.5) is 5.69 Å². The van der Waals surface area contributed by atoms with Crippen LogP contribution in [0, 0.1) is 17.8 Å². The molecule has 2 bridgehead atoms. The first kappa shape index (κ1) is 21.0. The van der Waals surface area contributed by atoms with Gasteiger partial charge in [0.2, 0.25) is 5.91 Å². The lowest BCUT2D eigenvalue weighted by molar-refractivity contribution is -0.113. The van der Waals surface area contributed by atoms with Crippen molar-refractivity contribution >= 4 is 46.3 Å². The fourth-order valence-electron chi connectivity index (χ4n) is 5.27. The smallest absolute Gasteiger partial charge is 0.234 e. The molecule has 4 atom stereocenters. The van der Waals surface area contributed by atoms with E-state index < -0.39 is 0 Å². The first-order valence-corrected chi connectivity index (χ1v) is 13.0. The summed E-state index contributed by atoms with van der Waals surface area (Å²) >= 11 is 9.29. The molecule has 0 radical (unpaired) electrons. The number of carbonyl (C=O) groups excluding carboxylic acids is 1. The Morgan fingerprint density at radius 3 is 2.84 bits per heavy atom. The highest BCUT2D eigenvalue weighted by atomic mass is 35.5. The molecule has 162 valence electrons. The van der Waals surface area contributed by atoms with Crippen LogP contribution >= 0.6 is 34.7 Å². The van der Waals surface area contributed by atoms with Crippen LogP contribution in [0.2, 0.25) is 5.02 Å². The molecule has 1 aromatic carbocycles. The van der Waals surface area contributed by atoms with Crippen molar-refractivity contribution in [1.82, 2.24) is 14.8 Å². The van der Waals surface area contributed by atoms with Gasteiger partial charge in [0.1, 0.15) is 0 Å². The Hall–Kier alpha value is -1.83. The maximum absolute atomic E-state index is 12.6. The number of thioether (sulfide) groups is 1. The van der Waals surface area contributed by atoms with E-state index in [4.69, 9.17) is 11.6 Å². The molecule has 2 heterocycles. The van der Waals surface area contributed by atoms with E-state index in [1.807, 2.05) is 18.2 Å². The van der Waals surface area contributed by atoms with Crippen LogP contribution in [0.25, 0.3) is 10.7 Å². The van der Waals surface area contributed by atoms with E-state index in [-0.39, 0.29) is 11.7 Å². The lowest BCUT2D eigenvalue weighted by Crippen LogP contribution is -2.23. The number of amides is 1. The van der Waals surface area contributed by atoms with Crippen LogP contribution in [-0.2, 0) is 4.79 Å². The molecule has 5 nitrogen and oxygen atoms in total. The number of rotatable bonds is 7. The minimum Gasteiger partial charge on any atom is -0.324 e. The number of carbonyl (C=O) groups is 1. The Bertz CT molecular complexity index is 1070. The summed E-state index contributed by atoms with van der Waals surface area (Å²) in [7, 11) is 0. The lowest BCUT2D eigenvalue weighted by Gasteiger charge is -2.30. The van der Waals surface area contributed by atoms with Crippen molar-refractivity contribution in [1.29, 1.82) is 0 Å². The molecule has 8 heteroatoms. The molecule has 31 heavy (non-hydrogen) atoms. The van der Waals surface area contributed by atoms with Gasteiger partial charge in [-0.2, -0.15) is 0 Å². The van der Waals surface area contributed by atoms with Crippen LogP contribution in [0.15, 0.2) is 46.9 Å². The third-order valence-electron chi connectivity index (χ3n) is 6.71. The summed E-state index contributed by atoms with van der Waals surface area (Å²) in [5, 5.41) is 15.4. The number of nitrogens with zero attached hydrogens (tertiary/aromatic N) is 3. The molecule has 0 spiro atoms. The monoisotopic (exact) mass is 472 g/mol. The van der Waals surface area contributed by atoms with Gasteiger partial charge >= 0.3 is 0 Å². The Morgan fingerprint density at radius 1 is 1.26 bits per heavy atom. The molecule has 2 aliphatic carbocycles. The van der Waals surface area contributed by atoms with Gasteiger partial charge in [0.05, 0.1) is 21.3 Å². The molecule has 0 unspecified atom stereocenters. The van der Waals surface area contributed by atoms with E-state index in [1.54, 1.807) is 23.5 Å². The summed E-state index contributed by atoms with van der Waals surface area (Å²) in [5.41, 5.74) is 0.630. The van der Waals surface area contributed by atoms with Crippen LogP contribution in [-0.4, -0.2) is 26.4 Å². The Labute approximate surface area is 195 Å². The SMILES string of the molecule is C[C@@H]([C@H]1C[C@H]2CC[C@H]1C2)n1c(SCC(=O)Nc2ccccc2Cl)nnc1-c1cccs1. The van der Waals surface area contributed by atoms with E-state index >= 15 is 0 Å². The summed E-state index contributed by atoms with van der Waals surface area (Å²) < 4.78 is 2.28. The number of halogens is 1. The van der Waals surface area contributed by atoms with Crippen molar-refractivity contribution in [3.63, 3.8) is 0 Å². The molecule has 2 fully saturated rings. The number of fused-ring (bicyclic) bond motifs is 2. The minimum atomic E-state index is -0.0992. The van der Waals surface area contributed by atoms with E-state index in [0.29, 0.717) is 22.7 Å². The summed E-state index contributed by atoms with van der Waals surface area (Å²) in [6.45, 7) is 2.31. The topological polar surface area (TPSA) is 59.8 Å². The van der Waals surface area contributed by atoms with Crippen molar-refractivity contribution in [2.75, 3.05) is 11.1 Å². The van der Waals surface area contributed by atoms with Gasteiger partial charge in [0.15, 0.2) is 11.0 Å². The van der Waals surface area contributed by atoms with E-state index in [0.717, 1.165) is 27.7 Å². The fraction of sp³-hybridized carbons (Fsp3) is 0.435. The first-order chi connectivity index (χ1) is 15.1. The summed E-state index contributed by atoms with van der Waals surface area (Å²) in [6, 6.07) is 11.7. The number of aromatic nitrogens is 3. The number of hydrogen-bond donors (Lipinski definition) is 1. The first-order valence-electron chi connectivity index (χ1n) is 10.8. The summed E-state index contributed by atoms with van der Waals surface area (Å²) in [5.74, 6) is 3.43. The highest BCUT2D eigenvalue weighted by Gasteiger charge is 2.43. The van der Waals surface area contributed by atoms with Crippen molar-refractivity contribution < 1.29 is 4.79 Å². The Morgan fingerprint density at radius 2 is 2.13 bits per heavy atom. The molecule has 1 N–H and O–H groups in total. The number of para-hydroxylation sites is 1. The second-order valence-electron chi connectivity index (χ2n) is 8.55. The van der Waals surface area contributed by atoms with Gasteiger partial charge in [-0.1, -0.05) is 48.0 Å². The molecule has 2 aliphatic rings. The Kier molecular flexibility index (Phi) is 6.08. The second-order valence-corrected chi connectivity index (χ2v) is 10.8. The minimum absolute atomic E-state index is 0.0992. The summed E-state index contributed by atoms with van der Waals surface area (Å²) in [4.78, 5) is 13.7. The predicted molar refractivity (Wildman–Crippen MR) is 128 cm³/mol. The van der Waals surface area contributed by atoms with Gasteiger partial charge in [0.25, 0.3) is 0 Å². The van der Waals surface area contributed by atoms with Crippen molar-refractivity contribution in [2.24, 2.45) is 17.8 Å². The quantitative estimate of drug-likeness (QED) is 0.405. The Balaban J connectivity index is 1.36. The molecule has 3 aromatic rings. The summed E-state index contributed by atoms with van der Waals surface area (Å²) in [6.07, 6.45) is 5.40. The zero-order valence-electron chi connectivity index (χ0n) is 17.3. The molecular formula is C23H25ClN4OS2.